The zero-order chi connectivity index (χ0) is 11.4. The highest BCUT2D eigenvalue weighted by Gasteiger charge is 2.13. The molecule has 0 spiro atoms. The fourth-order valence-corrected chi connectivity index (χ4v) is 1.62. The average Bonchev–Trinajstić information content (AvgIpc) is 2.57. The fraction of sp³-hybridized carbons (Fsp3) is 0.556. The topological polar surface area (TPSA) is 84.2 Å². The molecule has 0 atom stereocenters. The molecule has 0 saturated carbocycles. The highest BCUT2D eigenvalue weighted by molar-refractivity contribution is 5.33. The summed E-state index contributed by atoms with van der Waals surface area (Å²) in [4.78, 5) is 20.0. The van der Waals surface area contributed by atoms with Crippen molar-refractivity contribution in [1.29, 1.82) is 0 Å². The molecule has 1 saturated heterocycles. The summed E-state index contributed by atoms with van der Waals surface area (Å²) in [5.74, 6) is 0.564. The average molecular weight is 223 g/mol. The smallest absolute Gasteiger partial charge is 0.305 e. The van der Waals surface area contributed by atoms with Crippen LogP contribution in [0.5, 0.6) is 0 Å². The van der Waals surface area contributed by atoms with E-state index in [-0.39, 0.29) is 5.69 Å². The molecule has 0 unspecified atom stereocenters. The molecular weight excluding hydrogens is 210 g/mol. The highest BCUT2D eigenvalue weighted by Crippen LogP contribution is 2.12. The predicted molar refractivity (Wildman–Crippen MR) is 58.4 cm³/mol. The SMILES string of the molecule is O=[N+]([O-])c1cnc(N2CCCNCC2)nc1. The molecule has 1 aromatic rings. The summed E-state index contributed by atoms with van der Waals surface area (Å²) in [6.45, 7) is 3.59. The molecule has 1 N–H and O–H groups in total. The van der Waals surface area contributed by atoms with Crippen LogP contribution in [0.1, 0.15) is 6.42 Å². The molecule has 1 aromatic heterocycles. The number of nitrogens with one attached hydrogen (secondary N) is 1. The molecule has 2 rings (SSSR count). The van der Waals surface area contributed by atoms with E-state index in [1.807, 2.05) is 4.90 Å². The molecule has 1 fully saturated rings. The van der Waals surface area contributed by atoms with Crippen molar-refractivity contribution in [3.63, 3.8) is 0 Å². The van der Waals surface area contributed by atoms with Crippen molar-refractivity contribution in [3.8, 4) is 0 Å². The van der Waals surface area contributed by atoms with Crippen molar-refractivity contribution in [2.75, 3.05) is 31.1 Å². The quantitative estimate of drug-likeness (QED) is 0.569. The summed E-state index contributed by atoms with van der Waals surface area (Å²) in [6, 6.07) is 0. The molecule has 0 aliphatic carbocycles. The van der Waals surface area contributed by atoms with Crippen LogP contribution < -0.4 is 10.2 Å². The molecule has 2 heterocycles. The summed E-state index contributed by atoms with van der Waals surface area (Å²) in [6.07, 6.45) is 3.53. The van der Waals surface area contributed by atoms with Crippen LogP contribution in [0.15, 0.2) is 12.4 Å². The number of hydrogen-bond donors (Lipinski definition) is 1. The van der Waals surface area contributed by atoms with Crippen LogP contribution in [0, 0.1) is 10.1 Å². The van der Waals surface area contributed by atoms with Gasteiger partial charge in [0.25, 0.3) is 0 Å². The Kier molecular flexibility index (Phi) is 3.25. The molecule has 7 heteroatoms. The zero-order valence-corrected chi connectivity index (χ0v) is 8.80. The minimum atomic E-state index is -0.492. The van der Waals surface area contributed by atoms with Crippen LogP contribution in [0.4, 0.5) is 11.6 Å². The van der Waals surface area contributed by atoms with E-state index in [0.717, 1.165) is 32.6 Å². The minimum absolute atomic E-state index is 0.0725. The molecule has 0 amide bonds. The molecule has 1 aliphatic heterocycles. The zero-order valence-electron chi connectivity index (χ0n) is 8.80. The molecule has 7 nitrogen and oxygen atoms in total. The summed E-state index contributed by atoms with van der Waals surface area (Å²) in [7, 11) is 0. The van der Waals surface area contributed by atoms with Gasteiger partial charge in [0.05, 0.1) is 4.92 Å². The Morgan fingerprint density at radius 1 is 1.31 bits per heavy atom. The van der Waals surface area contributed by atoms with Crippen molar-refractivity contribution < 1.29 is 4.92 Å². The molecule has 0 bridgehead atoms. The van der Waals surface area contributed by atoms with E-state index in [4.69, 9.17) is 0 Å². The first kappa shape index (κ1) is 10.7. The number of hydrogen-bond acceptors (Lipinski definition) is 6. The lowest BCUT2D eigenvalue weighted by atomic mass is 10.4. The van der Waals surface area contributed by atoms with Crippen molar-refractivity contribution in [2.45, 2.75) is 6.42 Å². The maximum atomic E-state index is 10.4. The largest absolute Gasteiger partial charge is 0.339 e. The van der Waals surface area contributed by atoms with Crippen LogP contribution in [0.2, 0.25) is 0 Å². The van der Waals surface area contributed by atoms with Gasteiger partial charge >= 0.3 is 5.69 Å². The van der Waals surface area contributed by atoms with Gasteiger partial charge in [-0.3, -0.25) is 10.1 Å². The number of nitro groups is 1. The third kappa shape index (κ3) is 2.43. The summed E-state index contributed by atoms with van der Waals surface area (Å²) in [5.41, 5.74) is -0.0725. The van der Waals surface area contributed by atoms with Crippen LogP contribution in [0.3, 0.4) is 0 Å². The lowest BCUT2D eigenvalue weighted by Gasteiger charge is -2.18. The van der Waals surface area contributed by atoms with E-state index in [0.29, 0.717) is 5.95 Å². The van der Waals surface area contributed by atoms with Gasteiger partial charge < -0.3 is 10.2 Å². The second kappa shape index (κ2) is 4.84. The molecule has 0 aromatic carbocycles. The Bertz CT molecular complexity index is 359. The Balaban J connectivity index is 2.10. The Morgan fingerprint density at radius 2 is 2.06 bits per heavy atom. The van der Waals surface area contributed by atoms with Crippen LogP contribution >= 0.6 is 0 Å². The first-order chi connectivity index (χ1) is 7.77. The second-order valence-corrected chi connectivity index (χ2v) is 3.59. The standard InChI is InChI=1S/C9H13N5O2/c15-14(16)8-6-11-9(12-7-8)13-4-1-2-10-3-5-13/h6-7,10H,1-5H2. The number of aromatic nitrogens is 2. The van der Waals surface area contributed by atoms with Crippen molar-refractivity contribution in [3.05, 3.63) is 22.5 Å². The van der Waals surface area contributed by atoms with E-state index in [1.165, 1.54) is 12.4 Å². The van der Waals surface area contributed by atoms with E-state index in [1.54, 1.807) is 0 Å². The van der Waals surface area contributed by atoms with Crippen LogP contribution in [-0.2, 0) is 0 Å². The fourth-order valence-electron chi connectivity index (χ4n) is 1.62. The number of rotatable bonds is 2. The van der Waals surface area contributed by atoms with Crippen LogP contribution in [0.25, 0.3) is 0 Å². The van der Waals surface area contributed by atoms with Crippen LogP contribution in [-0.4, -0.2) is 41.1 Å². The Hall–Kier alpha value is -1.76. The van der Waals surface area contributed by atoms with E-state index in [9.17, 15) is 10.1 Å². The van der Waals surface area contributed by atoms with Gasteiger partial charge in [0.1, 0.15) is 12.4 Å². The number of anilines is 1. The third-order valence-corrected chi connectivity index (χ3v) is 2.46. The second-order valence-electron chi connectivity index (χ2n) is 3.59. The molecule has 0 radical (unpaired) electrons. The molecule has 1 aliphatic rings. The highest BCUT2D eigenvalue weighted by atomic mass is 16.6. The van der Waals surface area contributed by atoms with Gasteiger partial charge in [-0.05, 0) is 13.0 Å². The van der Waals surface area contributed by atoms with E-state index in [2.05, 4.69) is 15.3 Å². The van der Waals surface area contributed by atoms with Gasteiger partial charge in [-0.15, -0.1) is 0 Å². The molecular formula is C9H13N5O2. The minimum Gasteiger partial charge on any atom is -0.339 e. The normalized spacial score (nSPS) is 16.9. The lowest BCUT2D eigenvalue weighted by molar-refractivity contribution is -0.385. The van der Waals surface area contributed by atoms with Gasteiger partial charge in [0.15, 0.2) is 0 Å². The number of nitrogens with zero attached hydrogens (tertiary/aromatic N) is 4. The summed E-state index contributed by atoms with van der Waals surface area (Å²) < 4.78 is 0. The van der Waals surface area contributed by atoms with Crippen molar-refractivity contribution in [1.82, 2.24) is 15.3 Å². The van der Waals surface area contributed by atoms with Gasteiger partial charge in [0.2, 0.25) is 5.95 Å². The Morgan fingerprint density at radius 3 is 2.75 bits per heavy atom. The third-order valence-electron chi connectivity index (χ3n) is 2.46. The first-order valence-corrected chi connectivity index (χ1v) is 5.19. The van der Waals surface area contributed by atoms with Crippen molar-refractivity contribution in [2.24, 2.45) is 0 Å². The predicted octanol–water partition coefficient (Wildman–Crippen LogP) is 0.184. The molecule has 86 valence electrons. The monoisotopic (exact) mass is 223 g/mol. The van der Waals surface area contributed by atoms with E-state index >= 15 is 0 Å². The van der Waals surface area contributed by atoms with Crippen molar-refractivity contribution >= 4 is 11.6 Å². The maximum absolute atomic E-state index is 10.4. The maximum Gasteiger partial charge on any atom is 0.305 e. The molecule has 16 heavy (non-hydrogen) atoms. The Labute approximate surface area is 92.7 Å². The summed E-state index contributed by atoms with van der Waals surface area (Å²) in [5, 5.41) is 13.7. The van der Waals surface area contributed by atoms with Gasteiger partial charge in [-0.1, -0.05) is 0 Å². The lowest BCUT2D eigenvalue weighted by Crippen LogP contribution is -2.29. The van der Waals surface area contributed by atoms with Gasteiger partial charge in [-0.25, -0.2) is 9.97 Å². The van der Waals surface area contributed by atoms with Gasteiger partial charge in [0, 0.05) is 19.6 Å². The van der Waals surface area contributed by atoms with E-state index < -0.39 is 4.92 Å². The van der Waals surface area contributed by atoms with Gasteiger partial charge in [-0.2, -0.15) is 0 Å². The first-order valence-electron chi connectivity index (χ1n) is 5.19. The summed E-state index contributed by atoms with van der Waals surface area (Å²) >= 11 is 0.